The normalized spacial score (nSPS) is 10.8. The second-order valence-electron chi connectivity index (χ2n) is 2.16. The van der Waals surface area contributed by atoms with E-state index < -0.39 is 24.7 Å². The zero-order valence-electron chi connectivity index (χ0n) is 5.90. The van der Waals surface area contributed by atoms with E-state index in [1.807, 2.05) is 0 Å². The van der Waals surface area contributed by atoms with Gasteiger partial charge in [-0.05, 0) is 17.7 Å². The Balaban J connectivity index is 3.06. The molecule has 0 radical (unpaired) electrons. The fourth-order valence-electron chi connectivity index (χ4n) is 0.761. The first-order valence-electron chi connectivity index (χ1n) is 3.14. The first-order chi connectivity index (χ1) is 5.63. The van der Waals surface area contributed by atoms with E-state index in [1.165, 1.54) is 0 Å². The molecule has 0 saturated carbocycles. The van der Waals surface area contributed by atoms with E-state index in [9.17, 15) is 17.6 Å². The highest BCUT2D eigenvalue weighted by Crippen LogP contribution is 2.18. The van der Waals surface area contributed by atoms with Crippen molar-refractivity contribution in [3.05, 3.63) is 29.3 Å². The maximum absolute atomic E-state index is 12.4. The topological polar surface area (TPSA) is 12.9 Å². The molecule has 0 fully saturated rings. The van der Waals surface area contributed by atoms with Crippen LogP contribution in [0.1, 0.15) is 17.7 Å². The summed E-state index contributed by atoms with van der Waals surface area (Å²) < 4.78 is 48.1. The zero-order valence-corrected chi connectivity index (χ0v) is 5.90. The highest BCUT2D eigenvalue weighted by molar-refractivity contribution is 5.17. The third-order valence-corrected chi connectivity index (χ3v) is 1.25. The van der Waals surface area contributed by atoms with Crippen LogP contribution in [0.5, 0.6) is 0 Å². The van der Waals surface area contributed by atoms with Gasteiger partial charge >= 0.3 is 0 Å². The monoisotopic (exact) mass is 179 g/mol. The van der Waals surface area contributed by atoms with E-state index in [-0.39, 0.29) is 5.56 Å². The predicted octanol–water partition coefficient (Wildman–Crippen LogP) is 2.63. The molecule has 12 heavy (non-hydrogen) atoms. The number of halogens is 4. The van der Waals surface area contributed by atoms with E-state index in [1.54, 1.807) is 0 Å². The lowest BCUT2D eigenvalue weighted by molar-refractivity contribution is 0.144. The van der Waals surface area contributed by atoms with E-state index in [0.29, 0.717) is 0 Å². The molecule has 0 aliphatic carbocycles. The fourth-order valence-corrected chi connectivity index (χ4v) is 0.761. The van der Waals surface area contributed by atoms with Crippen LogP contribution in [0.25, 0.3) is 0 Å². The summed E-state index contributed by atoms with van der Waals surface area (Å²) in [6, 6.07) is 1.62. The average Bonchev–Trinajstić information content (AvgIpc) is 2.03. The van der Waals surface area contributed by atoms with Gasteiger partial charge in [0.2, 0.25) is 5.95 Å². The van der Waals surface area contributed by atoms with Crippen LogP contribution in [0.15, 0.2) is 12.1 Å². The minimum atomic E-state index is -2.87. The van der Waals surface area contributed by atoms with Crippen molar-refractivity contribution in [2.75, 3.05) is 0 Å². The van der Waals surface area contributed by atoms with Gasteiger partial charge in [0.1, 0.15) is 12.4 Å². The van der Waals surface area contributed by atoms with Crippen LogP contribution in [0.2, 0.25) is 0 Å². The third kappa shape index (κ3) is 1.93. The summed E-state index contributed by atoms with van der Waals surface area (Å²) in [5.41, 5.74) is -0.861. The predicted molar refractivity (Wildman–Crippen MR) is 34.0 cm³/mol. The number of hydrogen-bond donors (Lipinski definition) is 0. The van der Waals surface area contributed by atoms with Gasteiger partial charge < -0.3 is 0 Å². The van der Waals surface area contributed by atoms with Crippen molar-refractivity contribution in [3.63, 3.8) is 0 Å². The molecular weight excluding hydrogens is 174 g/mol. The molecule has 0 aliphatic rings. The summed E-state index contributed by atoms with van der Waals surface area (Å²) in [6.07, 6.45) is -2.87. The Morgan fingerprint density at radius 2 is 2.00 bits per heavy atom. The summed E-state index contributed by atoms with van der Waals surface area (Å²) in [6.45, 7) is -0.973. The number of pyridine rings is 1. The quantitative estimate of drug-likeness (QED) is 0.502. The molecule has 0 spiro atoms. The third-order valence-electron chi connectivity index (χ3n) is 1.25. The molecule has 1 aromatic heterocycles. The molecule has 0 aromatic carbocycles. The molecule has 0 amide bonds. The Labute approximate surface area is 66.0 Å². The van der Waals surface area contributed by atoms with Gasteiger partial charge in [0.05, 0.1) is 0 Å². The highest BCUT2D eigenvalue weighted by atomic mass is 19.3. The Morgan fingerprint density at radius 3 is 2.50 bits per heavy atom. The molecule has 1 heterocycles. The van der Waals surface area contributed by atoms with Crippen LogP contribution >= 0.6 is 0 Å². The summed E-state index contributed by atoms with van der Waals surface area (Å²) in [7, 11) is 0. The van der Waals surface area contributed by atoms with Crippen LogP contribution in [0.3, 0.4) is 0 Å². The first kappa shape index (κ1) is 8.96. The van der Waals surface area contributed by atoms with Crippen molar-refractivity contribution in [2.45, 2.75) is 13.1 Å². The molecule has 1 nitrogen and oxygen atoms in total. The number of alkyl halides is 3. The standard InChI is InChI=1S/C7H5F4N/c8-3-4-1-5(7(10)11)12-6(9)2-4/h1-2,7H,3H2. The Bertz CT molecular complexity index is 274. The first-order valence-corrected chi connectivity index (χ1v) is 3.14. The summed E-state index contributed by atoms with van der Waals surface area (Å²) in [5.74, 6) is -1.08. The van der Waals surface area contributed by atoms with Crippen LogP contribution in [0.4, 0.5) is 17.6 Å². The maximum Gasteiger partial charge on any atom is 0.280 e. The number of nitrogens with zero attached hydrogens (tertiary/aromatic N) is 1. The van der Waals surface area contributed by atoms with Crippen LogP contribution in [-0.2, 0) is 6.67 Å². The number of aromatic nitrogens is 1. The van der Waals surface area contributed by atoms with Crippen molar-refractivity contribution in [1.82, 2.24) is 4.98 Å². The molecule has 1 aromatic rings. The lowest BCUT2D eigenvalue weighted by Crippen LogP contribution is -1.95. The minimum Gasteiger partial charge on any atom is -0.246 e. The van der Waals surface area contributed by atoms with Crippen LogP contribution in [0, 0.1) is 5.95 Å². The lowest BCUT2D eigenvalue weighted by atomic mass is 10.2. The minimum absolute atomic E-state index is 0.127. The Hall–Kier alpha value is -1.13. The molecule has 1 rings (SSSR count). The van der Waals surface area contributed by atoms with Crippen molar-refractivity contribution < 1.29 is 17.6 Å². The SMILES string of the molecule is FCc1cc(F)nc(C(F)F)c1. The largest absolute Gasteiger partial charge is 0.280 e. The zero-order chi connectivity index (χ0) is 9.14. The molecule has 0 bridgehead atoms. The summed E-state index contributed by atoms with van der Waals surface area (Å²) in [4.78, 5) is 2.90. The fraction of sp³-hybridized carbons (Fsp3) is 0.286. The summed E-state index contributed by atoms with van der Waals surface area (Å²) >= 11 is 0. The van der Waals surface area contributed by atoms with Crippen molar-refractivity contribution in [2.24, 2.45) is 0 Å². The molecule has 66 valence electrons. The van der Waals surface area contributed by atoms with E-state index in [2.05, 4.69) is 4.98 Å². The van der Waals surface area contributed by atoms with Gasteiger partial charge in [0.15, 0.2) is 0 Å². The van der Waals surface area contributed by atoms with Crippen molar-refractivity contribution in [3.8, 4) is 0 Å². The van der Waals surface area contributed by atoms with Gasteiger partial charge in [-0.1, -0.05) is 0 Å². The van der Waals surface area contributed by atoms with Gasteiger partial charge in [0, 0.05) is 0 Å². The van der Waals surface area contributed by atoms with E-state index in [0.717, 1.165) is 12.1 Å². The number of rotatable bonds is 2. The van der Waals surface area contributed by atoms with Crippen LogP contribution < -0.4 is 0 Å². The Kier molecular flexibility index (Phi) is 2.62. The Morgan fingerprint density at radius 1 is 1.33 bits per heavy atom. The second kappa shape index (κ2) is 3.51. The van der Waals surface area contributed by atoms with Gasteiger partial charge in [-0.2, -0.15) is 4.39 Å². The molecule has 0 N–H and O–H groups in total. The van der Waals surface area contributed by atoms with Crippen molar-refractivity contribution in [1.29, 1.82) is 0 Å². The molecule has 0 atom stereocenters. The smallest absolute Gasteiger partial charge is 0.246 e. The lowest BCUT2D eigenvalue weighted by Gasteiger charge is -2.00. The maximum atomic E-state index is 12.4. The molecule has 5 heteroatoms. The van der Waals surface area contributed by atoms with Crippen molar-refractivity contribution >= 4 is 0 Å². The van der Waals surface area contributed by atoms with Gasteiger partial charge in [-0.15, -0.1) is 0 Å². The van der Waals surface area contributed by atoms with Crippen LogP contribution in [-0.4, -0.2) is 4.98 Å². The molecule has 0 saturated heterocycles. The molecule has 0 unspecified atom stereocenters. The summed E-state index contributed by atoms with van der Waals surface area (Å²) in [5, 5.41) is 0. The molecular formula is C7H5F4N. The van der Waals surface area contributed by atoms with Gasteiger partial charge in [-0.3, -0.25) is 0 Å². The highest BCUT2D eigenvalue weighted by Gasteiger charge is 2.11. The average molecular weight is 179 g/mol. The van der Waals surface area contributed by atoms with Gasteiger partial charge in [-0.25, -0.2) is 18.2 Å². The number of hydrogen-bond acceptors (Lipinski definition) is 1. The van der Waals surface area contributed by atoms with E-state index >= 15 is 0 Å². The van der Waals surface area contributed by atoms with Gasteiger partial charge in [0.25, 0.3) is 6.43 Å². The molecule has 0 aliphatic heterocycles. The van der Waals surface area contributed by atoms with E-state index in [4.69, 9.17) is 0 Å². The second-order valence-corrected chi connectivity index (χ2v) is 2.16.